The molecule has 32 heavy (non-hydrogen) atoms. The number of anilines is 1. The van der Waals surface area contributed by atoms with Crippen molar-refractivity contribution in [2.45, 2.75) is 12.5 Å². The fraction of sp³-hybridized carbons (Fsp3) is 0.227. The fourth-order valence-corrected chi connectivity index (χ4v) is 2.93. The van der Waals surface area contributed by atoms with Gasteiger partial charge in [-0.25, -0.2) is 9.18 Å². The lowest BCUT2D eigenvalue weighted by Gasteiger charge is -2.15. The van der Waals surface area contributed by atoms with Crippen molar-refractivity contribution < 1.29 is 28.2 Å². The van der Waals surface area contributed by atoms with Crippen molar-refractivity contribution in [2.75, 3.05) is 25.5 Å². The molecule has 0 radical (unpaired) electrons. The maximum atomic E-state index is 12.9. The van der Waals surface area contributed by atoms with Crippen LogP contribution >= 0.6 is 0 Å². The highest BCUT2D eigenvalue weighted by Gasteiger charge is 2.20. The quantitative estimate of drug-likeness (QED) is 0.380. The lowest BCUT2D eigenvalue weighted by molar-refractivity contribution is -0.121. The third kappa shape index (κ3) is 6.21. The minimum absolute atomic E-state index is 0.127. The van der Waals surface area contributed by atoms with E-state index in [0.717, 1.165) is 5.56 Å². The molecule has 3 rings (SSSR count). The number of hydrogen-bond donors (Lipinski definition) is 4. The Morgan fingerprint density at radius 2 is 2.03 bits per heavy atom. The van der Waals surface area contributed by atoms with Gasteiger partial charge in [-0.3, -0.25) is 4.79 Å². The molecule has 4 N–H and O–H groups in total. The second-order valence-corrected chi connectivity index (χ2v) is 6.86. The predicted molar refractivity (Wildman–Crippen MR) is 116 cm³/mol. The highest BCUT2D eigenvalue weighted by molar-refractivity contribution is 5.84. The Kier molecular flexibility index (Phi) is 7.63. The number of carbonyl (C=O) groups is 2. The van der Waals surface area contributed by atoms with Crippen LogP contribution in [-0.4, -0.2) is 48.3 Å². The number of fused-ring (bicyclic) bond motifs is 1. The zero-order valence-electron chi connectivity index (χ0n) is 17.3. The highest BCUT2D eigenvalue weighted by Crippen LogP contribution is 2.25. The molecule has 1 atom stereocenters. The minimum atomic E-state index is -1.25. The Balaban J connectivity index is 1.69. The van der Waals surface area contributed by atoms with Crippen LogP contribution in [0, 0.1) is 0 Å². The Morgan fingerprint density at radius 3 is 2.72 bits per heavy atom. The lowest BCUT2D eigenvalue weighted by atomic mass is 10.1. The molecule has 0 aliphatic heterocycles. The summed E-state index contributed by atoms with van der Waals surface area (Å²) in [6.45, 7) is -0.329. The molecule has 0 unspecified atom stereocenters. The first kappa shape index (κ1) is 22.6. The van der Waals surface area contributed by atoms with Crippen molar-refractivity contribution in [3.05, 3.63) is 66.0 Å². The summed E-state index contributed by atoms with van der Waals surface area (Å²) in [6, 6.07) is 14.0. The van der Waals surface area contributed by atoms with Crippen LogP contribution < -0.4 is 20.7 Å². The van der Waals surface area contributed by atoms with E-state index in [1.807, 2.05) is 30.3 Å². The van der Waals surface area contributed by atoms with Gasteiger partial charge >= 0.3 is 6.09 Å². The smallest absolute Gasteiger partial charge is 0.404 e. The van der Waals surface area contributed by atoms with Crippen molar-refractivity contribution in [2.24, 2.45) is 0 Å². The van der Waals surface area contributed by atoms with Crippen LogP contribution in [0.4, 0.5) is 15.2 Å². The van der Waals surface area contributed by atoms with E-state index in [9.17, 15) is 14.0 Å². The van der Waals surface area contributed by atoms with E-state index >= 15 is 0 Å². The number of oxazole rings is 1. The summed E-state index contributed by atoms with van der Waals surface area (Å²) < 4.78 is 24.1. The molecule has 9 nitrogen and oxygen atoms in total. The molecule has 0 saturated heterocycles. The van der Waals surface area contributed by atoms with E-state index in [0.29, 0.717) is 29.6 Å². The van der Waals surface area contributed by atoms with E-state index in [1.165, 1.54) is 0 Å². The van der Waals surface area contributed by atoms with Gasteiger partial charge < -0.3 is 30.2 Å². The van der Waals surface area contributed by atoms with Crippen molar-refractivity contribution in [3.63, 3.8) is 0 Å². The van der Waals surface area contributed by atoms with Gasteiger partial charge in [-0.1, -0.05) is 30.3 Å². The van der Waals surface area contributed by atoms with Gasteiger partial charge in [-0.2, -0.15) is 4.98 Å². The Morgan fingerprint density at radius 1 is 1.25 bits per heavy atom. The third-order valence-corrected chi connectivity index (χ3v) is 4.55. The van der Waals surface area contributed by atoms with Crippen molar-refractivity contribution in [1.29, 1.82) is 0 Å². The van der Waals surface area contributed by atoms with E-state index in [1.54, 1.807) is 25.2 Å². The van der Waals surface area contributed by atoms with Gasteiger partial charge in [-0.15, -0.1) is 0 Å². The van der Waals surface area contributed by atoms with Crippen LogP contribution in [0.5, 0.6) is 5.75 Å². The van der Waals surface area contributed by atoms with Gasteiger partial charge in [0.2, 0.25) is 5.91 Å². The number of aromatic nitrogens is 1. The van der Waals surface area contributed by atoms with Gasteiger partial charge in [0.1, 0.15) is 23.9 Å². The van der Waals surface area contributed by atoms with E-state index in [4.69, 9.17) is 14.3 Å². The maximum absolute atomic E-state index is 12.9. The van der Waals surface area contributed by atoms with Gasteiger partial charge in [0, 0.05) is 31.7 Å². The standard InChI is InChI=1S/C22H23FN4O5/c1-24-20(28)18(9-14-5-3-2-4-6-14)27-21-26-17-8-7-16(10-19(17)32-21)31-13-15(11-23)12-25-22(29)30/h2-8,10-11,18,25H,9,12-13H2,1H3,(H,24,28)(H,26,27)(H,29,30)/b15-11-/t18-/m1/s1. The van der Waals surface area contributed by atoms with Crippen LogP contribution in [0.3, 0.4) is 0 Å². The number of benzene rings is 2. The monoisotopic (exact) mass is 442 g/mol. The number of halogens is 1. The van der Waals surface area contributed by atoms with Gasteiger partial charge in [-0.05, 0) is 17.7 Å². The number of hydrogen-bond acceptors (Lipinski definition) is 6. The van der Waals surface area contributed by atoms with E-state index in [-0.39, 0.29) is 30.6 Å². The van der Waals surface area contributed by atoms with Gasteiger partial charge in [0.05, 0.1) is 6.33 Å². The average molecular weight is 442 g/mol. The summed E-state index contributed by atoms with van der Waals surface area (Å²) in [7, 11) is 1.56. The summed E-state index contributed by atoms with van der Waals surface area (Å²) in [6.07, 6.45) is -0.512. The molecular formula is C22H23FN4O5. The van der Waals surface area contributed by atoms with E-state index < -0.39 is 12.1 Å². The first-order valence-corrected chi connectivity index (χ1v) is 9.79. The highest BCUT2D eigenvalue weighted by atomic mass is 19.1. The number of nitrogens with zero attached hydrogens (tertiary/aromatic N) is 1. The first-order valence-electron chi connectivity index (χ1n) is 9.79. The van der Waals surface area contributed by atoms with Crippen LogP contribution in [-0.2, 0) is 11.2 Å². The molecule has 2 aromatic carbocycles. The molecule has 0 aliphatic rings. The molecule has 0 aliphatic carbocycles. The summed E-state index contributed by atoms with van der Waals surface area (Å²) in [5.74, 6) is 0.183. The molecule has 0 fully saturated rings. The number of carbonyl (C=O) groups excluding carboxylic acids is 1. The van der Waals surface area contributed by atoms with Gasteiger partial charge in [0.15, 0.2) is 5.58 Å². The number of likely N-dealkylation sites (N-methyl/N-ethyl adjacent to an activating group) is 1. The summed E-state index contributed by atoms with van der Waals surface area (Å²) in [5.41, 5.74) is 2.06. The number of rotatable bonds is 10. The molecule has 0 spiro atoms. The lowest BCUT2D eigenvalue weighted by Crippen LogP contribution is -2.39. The molecule has 1 heterocycles. The topological polar surface area (TPSA) is 126 Å². The SMILES string of the molecule is CNC(=O)[C@@H](Cc1ccccc1)Nc1nc2ccc(OC/C(=C\F)CNC(=O)O)cc2o1. The zero-order chi connectivity index (χ0) is 22.9. The van der Waals surface area contributed by atoms with Crippen LogP contribution in [0.1, 0.15) is 5.56 Å². The normalized spacial score (nSPS) is 12.2. The minimum Gasteiger partial charge on any atom is -0.489 e. The molecule has 0 bridgehead atoms. The van der Waals surface area contributed by atoms with Crippen molar-refractivity contribution in [3.8, 4) is 5.75 Å². The van der Waals surface area contributed by atoms with Crippen LogP contribution in [0.2, 0.25) is 0 Å². The van der Waals surface area contributed by atoms with Crippen molar-refractivity contribution in [1.82, 2.24) is 15.6 Å². The second-order valence-electron chi connectivity index (χ2n) is 6.86. The number of carboxylic acid groups (broad SMARTS) is 1. The summed E-state index contributed by atoms with van der Waals surface area (Å²) >= 11 is 0. The van der Waals surface area contributed by atoms with Crippen LogP contribution in [0.15, 0.2) is 64.9 Å². The molecule has 3 aromatic rings. The first-order chi connectivity index (χ1) is 15.5. The molecular weight excluding hydrogens is 419 g/mol. The maximum Gasteiger partial charge on any atom is 0.404 e. The Bertz CT molecular complexity index is 1100. The fourth-order valence-electron chi connectivity index (χ4n) is 2.93. The Hall–Kier alpha value is -4.08. The predicted octanol–water partition coefficient (Wildman–Crippen LogP) is 3.10. The Labute approximate surface area is 183 Å². The number of ether oxygens (including phenoxy) is 1. The second kappa shape index (κ2) is 10.8. The zero-order valence-corrected chi connectivity index (χ0v) is 17.3. The third-order valence-electron chi connectivity index (χ3n) is 4.55. The summed E-state index contributed by atoms with van der Waals surface area (Å²) in [5, 5.41) is 16.3. The molecule has 0 saturated carbocycles. The van der Waals surface area contributed by atoms with Crippen molar-refractivity contribution >= 4 is 29.1 Å². The van der Waals surface area contributed by atoms with E-state index in [2.05, 4.69) is 20.9 Å². The number of amides is 2. The molecule has 1 aromatic heterocycles. The van der Waals surface area contributed by atoms with Crippen LogP contribution in [0.25, 0.3) is 11.1 Å². The molecule has 168 valence electrons. The number of nitrogens with one attached hydrogen (secondary N) is 3. The molecule has 2 amide bonds. The summed E-state index contributed by atoms with van der Waals surface area (Å²) in [4.78, 5) is 27.2. The van der Waals surface area contributed by atoms with Gasteiger partial charge in [0.25, 0.3) is 6.01 Å². The average Bonchev–Trinajstić information content (AvgIpc) is 3.20. The molecule has 10 heteroatoms. The largest absolute Gasteiger partial charge is 0.489 e.